The average Bonchev–Trinajstić information content (AvgIpc) is 3.94. The van der Waals surface area contributed by atoms with Crippen molar-refractivity contribution in [1.29, 1.82) is 0 Å². The average molecular weight is 677 g/mol. The molecule has 0 aliphatic carbocycles. The van der Waals surface area contributed by atoms with Crippen LogP contribution in [0.15, 0.2) is 78.3 Å². The number of fused-ring (bicyclic) bond motifs is 5. The Kier molecular flexibility index (Phi) is 11.3. The molecule has 0 spiro atoms. The molecule has 258 valence electrons. The number of aryl methyl sites for hydroxylation is 2. The molecule has 0 bridgehead atoms. The van der Waals surface area contributed by atoms with Gasteiger partial charge in [-0.2, -0.15) is 0 Å². The summed E-state index contributed by atoms with van der Waals surface area (Å²) in [5.74, 6) is 5.29. The van der Waals surface area contributed by atoms with Gasteiger partial charge in [0.05, 0.1) is 0 Å². The largest absolute Gasteiger partial charge is 0.458 e. The number of rotatable bonds is 20. The summed E-state index contributed by atoms with van der Waals surface area (Å²) in [7, 11) is 0. The summed E-state index contributed by atoms with van der Waals surface area (Å²) in [6, 6.07) is 21.4. The van der Waals surface area contributed by atoms with Crippen LogP contribution in [0.4, 0.5) is 0 Å². The van der Waals surface area contributed by atoms with Gasteiger partial charge in [0, 0.05) is 43.8 Å². The molecule has 5 aromatic heterocycles. The Morgan fingerprint density at radius 3 is 1.24 bits per heavy atom. The van der Waals surface area contributed by atoms with E-state index in [4.69, 9.17) is 17.7 Å². The topological polar surface area (TPSA) is 52.6 Å². The van der Waals surface area contributed by atoms with E-state index in [2.05, 4.69) is 74.5 Å². The van der Waals surface area contributed by atoms with Crippen LogP contribution < -0.4 is 0 Å². The summed E-state index contributed by atoms with van der Waals surface area (Å²) in [5, 5.41) is 4.57. The normalized spacial score (nSPS) is 12.1. The Morgan fingerprint density at radius 1 is 0.408 bits per heavy atom. The standard InChI is InChI=1S/C44H52O4S/c1-3-5-7-9-11-13-15-17-19-33-21-23-37(45-33)41-25-31-27-43-35(29-39(31)47-41)36-30-40-32(28-44(36)49-43)26-42(48-40)38-24-22-34(46-38)20-18-16-14-12-10-8-6-4-2/h21-30H,3-20H2,1-2H3. The van der Waals surface area contributed by atoms with Gasteiger partial charge in [0.2, 0.25) is 0 Å². The second kappa shape index (κ2) is 16.3. The van der Waals surface area contributed by atoms with E-state index in [0.717, 1.165) is 69.3 Å². The third-order valence-corrected chi connectivity index (χ3v) is 11.2. The van der Waals surface area contributed by atoms with Crippen LogP contribution in [0.3, 0.4) is 0 Å². The first kappa shape index (κ1) is 33.8. The maximum Gasteiger partial charge on any atom is 0.170 e. The monoisotopic (exact) mass is 676 g/mol. The fraction of sp³-hybridized carbons (Fsp3) is 0.455. The van der Waals surface area contributed by atoms with Crippen molar-refractivity contribution in [2.75, 3.05) is 0 Å². The fourth-order valence-corrected chi connectivity index (χ4v) is 8.41. The zero-order chi connectivity index (χ0) is 33.4. The molecule has 7 rings (SSSR count). The molecule has 4 nitrogen and oxygen atoms in total. The van der Waals surface area contributed by atoms with E-state index >= 15 is 0 Å². The molecule has 0 N–H and O–H groups in total. The van der Waals surface area contributed by atoms with Crippen molar-refractivity contribution in [3.63, 3.8) is 0 Å². The van der Waals surface area contributed by atoms with Crippen LogP contribution in [0.1, 0.15) is 128 Å². The molecular weight excluding hydrogens is 625 g/mol. The minimum atomic E-state index is 0.789. The van der Waals surface area contributed by atoms with Gasteiger partial charge in [-0.3, -0.25) is 0 Å². The van der Waals surface area contributed by atoms with Gasteiger partial charge < -0.3 is 17.7 Å². The second-order valence-electron chi connectivity index (χ2n) is 14.1. The van der Waals surface area contributed by atoms with Gasteiger partial charge in [-0.15, -0.1) is 11.3 Å². The van der Waals surface area contributed by atoms with Crippen molar-refractivity contribution in [2.45, 2.75) is 129 Å². The molecule has 0 aliphatic rings. The van der Waals surface area contributed by atoms with Crippen LogP contribution in [0, 0.1) is 0 Å². The molecule has 5 heterocycles. The molecule has 5 heteroatoms. The number of furan rings is 4. The zero-order valence-electron chi connectivity index (χ0n) is 29.5. The maximum atomic E-state index is 6.37. The van der Waals surface area contributed by atoms with Gasteiger partial charge in [-0.25, -0.2) is 0 Å². The molecule has 0 saturated heterocycles. The minimum absolute atomic E-state index is 0.789. The molecule has 0 amide bonds. The van der Waals surface area contributed by atoms with E-state index in [1.165, 1.54) is 123 Å². The third-order valence-electron chi connectivity index (χ3n) is 10.1. The van der Waals surface area contributed by atoms with Crippen LogP contribution in [0.2, 0.25) is 0 Å². The Labute approximate surface area is 294 Å². The van der Waals surface area contributed by atoms with Gasteiger partial charge in [0.15, 0.2) is 23.0 Å². The summed E-state index contributed by atoms with van der Waals surface area (Å²) >= 11 is 1.82. The Balaban J connectivity index is 0.995. The summed E-state index contributed by atoms with van der Waals surface area (Å²) in [5.41, 5.74) is 1.76. The summed E-state index contributed by atoms with van der Waals surface area (Å²) in [6.07, 6.45) is 23.1. The Hall–Kier alpha value is -3.70. The van der Waals surface area contributed by atoms with Gasteiger partial charge in [0.25, 0.3) is 0 Å². The van der Waals surface area contributed by atoms with E-state index in [0.29, 0.717) is 0 Å². The molecule has 0 radical (unpaired) electrons. The van der Waals surface area contributed by atoms with Crippen molar-refractivity contribution in [3.05, 3.63) is 72.2 Å². The molecule has 0 fully saturated rings. The molecule has 7 aromatic rings. The van der Waals surface area contributed by atoms with Gasteiger partial charge >= 0.3 is 0 Å². The van der Waals surface area contributed by atoms with Crippen molar-refractivity contribution >= 4 is 53.4 Å². The molecule has 49 heavy (non-hydrogen) atoms. The molecule has 0 aliphatic heterocycles. The highest BCUT2D eigenvalue weighted by Gasteiger charge is 2.17. The highest BCUT2D eigenvalue weighted by Crippen LogP contribution is 2.42. The summed E-state index contributed by atoms with van der Waals surface area (Å²) in [4.78, 5) is 0. The van der Waals surface area contributed by atoms with Gasteiger partial charge in [-0.1, -0.05) is 104 Å². The quantitative estimate of drug-likeness (QED) is 0.0754. The number of unbranched alkanes of at least 4 members (excludes halogenated alkanes) is 14. The van der Waals surface area contributed by atoms with Crippen molar-refractivity contribution in [1.82, 2.24) is 0 Å². The number of hydrogen-bond acceptors (Lipinski definition) is 5. The van der Waals surface area contributed by atoms with Crippen molar-refractivity contribution in [2.24, 2.45) is 0 Å². The lowest BCUT2D eigenvalue weighted by Crippen LogP contribution is -1.84. The highest BCUT2D eigenvalue weighted by molar-refractivity contribution is 7.26. The lowest BCUT2D eigenvalue weighted by molar-refractivity contribution is 0.485. The number of benzene rings is 2. The van der Waals surface area contributed by atoms with Crippen LogP contribution in [0.25, 0.3) is 65.2 Å². The lowest BCUT2D eigenvalue weighted by Gasteiger charge is -2.00. The van der Waals surface area contributed by atoms with E-state index in [1.807, 2.05) is 11.3 Å². The molecule has 0 unspecified atom stereocenters. The van der Waals surface area contributed by atoms with Gasteiger partial charge in [0.1, 0.15) is 22.7 Å². The summed E-state index contributed by atoms with van der Waals surface area (Å²) in [6.45, 7) is 4.55. The molecule has 0 atom stereocenters. The number of thiophene rings is 1. The van der Waals surface area contributed by atoms with E-state index < -0.39 is 0 Å². The third kappa shape index (κ3) is 8.20. The van der Waals surface area contributed by atoms with E-state index in [9.17, 15) is 0 Å². The molecule has 0 saturated carbocycles. The smallest absolute Gasteiger partial charge is 0.170 e. The minimum Gasteiger partial charge on any atom is -0.458 e. The molecule has 2 aromatic carbocycles. The molecular formula is C44H52O4S. The van der Waals surface area contributed by atoms with E-state index in [-0.39, 0.29) is 0 Å². The predicted octanol–water partition coefficient (Wildman–Crippen LogP) is 15.4. The van der Waals surface area contributed by atoms with E-state index in [1.54, 1.807) is 0 Å². The second-order valence-corrected chi connectivity index (χ2v) is 15.2. The highest BCUT2D eigenvalue weighted by atomic mass is 32.1. The lowest BCUT2D eigenvalue weighted by atomic mass is 10.1. The van der Waals surface area contributed by atoms with Crippen molar-refractivity contribution < 1.29 is 17.7 Å². The van der Waals surface area contributed by atoms with Crippen LogP contribution in [-0.4, -0.2) is 0 Å². The zero-order valence-corrected chi connectivity index (χ0v) is 30.4. The summed E-state index contributed by atoms with van der Waals surface area (Å²) < 4.78 is 27.7. The van der Waals surface area contributed by atoms with Crippen LogP contribution in [-0.2, 0) is 12.8 Å². The number of hydrogen-bond donors (Lipinski definition) is 0. The van der Waals surface area contributed by atoms with Gasteiger partial charge in [-0.05, 0) is 73.5 Å². The van der Waals surface area contributed by atoms with Crippen molar-refractivity contribution in [3.8, 4) is 23.0 Å². The maximum absolute atomic E-state index is 6.37. The first-order valence-electron chi connectivity index (χ1n) is 19.2. The Morgan fingerprint density at radius 2 is 0.816 bits per heavy atom. The Bertz CT molecular complexity index is 1930. The first-order valence-corrected chi connectivity index (χ1v) is 20.0. The van der Waals surface area contributed by atoms with Crippen LogP contribution in [0.5, 0.6) is 0 Å². The SMILES string of the molecule is CCCCCCCCCCc1ccc(-c2cc3cc4sc5cc6cc(-c7ccc(CCCCCCCCCC)o7)oc6cc5c4cc3o2)o1. The fourth-order valence-electron chi connectivity index (χ4n) is 7.24. The van der Waals surface area contributed by atoms with Crippen LogP contribution >= 0.6 is 11.3 Å². The first-order chi connectivity index (χ1) is 24.2. The predicted molar refractivity (Wildman–Crippen MR) is 207 cm³/mol.